The quantitative estimate of drug-likeness (QED) is 0.681. The summed E-state index contributed by atoms with van der Waals surface area (Å²) in [5.74, 6) is 0.111. The highest BCUT2D eigenvalue weighted by atomic mass is 16.6. The molecule has 0 aromatic rings. The van der Waals surface area contributed by atoms with Gasteiger partial charge in [0.2, 0.25) is 0 Å². The Morgan fingerprint density at radius 2 is 1.79 bits per heavy atom. The van der Waals surface area contributed by atoms with Crippen LogP contribution in [0.2, 0.25) is 0 Å². The summed E-state index contributed by atoms with van der Waals surface area (Å²) < 4.78 is 11.4. The molecule has 0 N–H and O–H groups in total. The minimum absolute atomic E-state index is 0.111. The lowest BCUT2D eigenvalue weighted by Crippen LogP contribution is -2.51. The first kappa shape index (κ1) is 19.9. The predicted octanol–water partition coefficient (Wildman–Crippen LogP) is 0.616. The van der Waals surface area contributed by atoms with Gasteiger partial charge in [-0.1, -0.05) is 6.92 Å². The molecule has 8 nitrogen and oxygen atoms in total. The Kier molecular flexibility index (Phi) is 6.08. The number of ether oxygens (including phenoxy) is 2. The molecule has 0 radical (unpaired) electrons. The molecule has 0 aromatic heterocycles. The van der Waals surface area contributed by atoms with Crippen molar-refractivity contribution in [2.24, 2.45) is 0 Å². The Morgan fingerprint density at radius 1 is 1.07 bits per heavy atom. The molecule has 158 valence electrons. The highest BCUT2D eigenvalue weighted by Crippen LogP contribution is 2.33. The monoisotopic (exact) mass is 394 g/mol. The van der Waals surface area contributed by atoms with E-state index in [2.05, 4.69) is 16.7 Å². The summed E-state index contributed by atoms with van der Waals surface area (Å²) in [6, 6.07) is 0. The van der Waals surface area contributed by atoms with E-state index in [-0.39, 0.29) is 18.1 Å². The average molecular weight is 395 g/mol. The van der Waals surface area contributed by atoms with Gasteiger partial charge >= 0.3 is 6.09 Å². The smallest absolute Gasteiger partial charge is 0.410 e. The first-order valence-electron chi connectivity index (χ1n) is 10.9. The van der Waals surface area contributed by atoms with Crippen molar-refractivity contribution in [1.82, 2.24) is 19.6 Å². The van der Waals surface area contributed by atoms with E-state index < -0.39 is 5.60 Å². The van der Waals surface area contributed by atoms with Crippen LogP contribution in [0.4, 0.5) is 4.79 Å². The van der Waals surface area contributed by atoms with E-state index in [9.17, 15) is 9.59 Å². The molecule has 4 heterocycles. The highest BCUT2D eigenvalue weighted by molar-refractivity contribution is 5.81. The van der Waals surface area contributed by atoms with Crippen molar-refractivity contribution in [2.75, 3.05) is 72.1 Å². The molecular weight excluding hydrogens is 360 g/mol. The number of likely N-dealkylation sites (tertiary alicyclic amines) is 1. The minimum Gasteiger partial charge on any atom is -0.441 e. The molecule has 4 aliphatic rings. The van der Waals surface area contributed by atoms with Gasteiger partial charge < -0.3 is 24.2 Å². The Balaban J connectivity index is 1.23. The van der Waals surface area contributed by atoms with Crippen molar-refractivity contribution in [3.63, 3.8) is 0 Å². The van der Waals surface area contributed by atoms with E-state index in [0.717, 1.165) is 71.5 Å². The second-order valence-corrected chi connectivity index (χ2v) is 8.58. The first-order chi connectivity index (χ1) is 13.6. The molecule has 4 aliphatic heterocycles. The van der Waals surface area contributed by atoms with Crippen LogP contribution < -0.4 is 0 Å². The van der Waals surface area contributed by atoms with Gasteiger partial charge in [0.25, 0.3) is 5.91 Å². The Hall–Kier alpha value is -1.38. The molecule has 1 atom stereocenters. The van der Waals surface area contributed by atoms with Gasteiger partial charge in [-0.3, -0.25) is 9.69 Å². The number of piperidine rings is 1. The van der Waals surface area contributed by atoms with Crippen LogP contribution in [0.1, 0.15) is 32.6 Å². The second kappa shape index (κ2) is 8.55. The molecule has 0 aromatic carbocycles. The maximum Gasteiger partial charge on any atom is 0.410 e. The van der Waals surface area contributed by atoms with Crippen LogP contribution in [0.25, 0.3) is 0 Å². The molecule has 0 unspecified atom stereocenters. The third-order valence-electron chi connectivity index (χ3n) is 6.83. The summed E-state index contributed by atoms with van der Waals surface area (Å²) in [5, 5.41) is 0. The molecular formula is C20H34N4O4. The van der Waals surface area contributed by atoms with Crippen LogP contribution in [0.5, 0.6) is 0 Å². The molecule has 2 amide bonds. The van der Waals surface area contributed by atoms with Crippen molar-refractivity contribution in [3.05, 3.63) is 0 Å². The number of piperazine rings is 1. The van der Waals surface area contributed by atoms with E-state index in [4.69, 9.17) is 9.47 Å². The molecule has 8 heteroatoms. The van der Waals surface area contributed by atoms with E-state index in [1.165, 1.54) is 0 Å². The fourth-order valence-electron chi connectivity index (χ4n) is 4.83. The van der Waals surface area contributed by atoms with Crippen LogP contribution >= 0.6 is 0 Å². The number of hydrogen-bond donors (Lipinski definition) is 0. The van der Waals surface area contributed by atoms with E-state index >= 15 is 0 Å². The Labute approximate surface area is 167 Å². The Morgan fingerprint density at radius 3 is 2.43 bits per heavy atom. The third kappa shape index (κ3) is 4.28. The summed E-state index contributed by atoms with van der Waals surface area (Å²) in [5.41, 5.74) is -0.411. The standard InChI is InChI=1S/C20H34N4O4/c1-2-21-9-11-22(12-10-21)13-14-24-16-20(28-19(24)26)5-7-23(8-6-20)18(25)17-4-3-15-27-17/h17H,2-16H2,1H3/t17-/m0/s1. The average Bonchev–Trinajstić information content (AvgIpc) is 3.35. The number of nitrogens with zero attached hydrogens (tertiary/aromatic N) is 4. The minimum atomic E-state index is -0.411. The van der Waals surface area contributed by atoms with Crippen molar-refractivity contribution in [3.8, 4) is 0 Å². The van der Waals surface area contributed by atoms with E-state index in [1.54, 1.807) is 0 Å². The molecule has 4 saturated heterocycles. The lowest BCUT2D eigenvalue weighted by atomic mass is 9.91. The number of carbonyl (C=O) groups is 2. The van der Waals surface area contributed by atoms with Crippen LogP contribution in [0.15, 0.2) is 0 Å². The van der Waals surface area contributed by atoms with E-state index in [1.807, 2.05) is 9.80 Å². The zero-order chi connectivity index (χ0) is 19.6. The maximum atomic E-state index is 12.5. The SMILES string of the molecule is CCN1CCN(CCN2CC3(CCN(C(=O)[C@@H]4CCCO4)CC3)OC2=O)CC1. The predicted molar refractivity (Wildman–Crippen MR) is 104 cm³/mol. The molecule has 4 fully saturated rings. The molecule has 4 rings (SSSR count). The summed E-state index contributed by atoms with van der Waals surface area (Å²) in [6.07, 6.45) is 2.80. The number of amides is 2. The van der Waals surface area contributed by atoms with Crippen LogP contribution in [-0.4, -0.2) is 115 Å². The van der Waals surface area contributed by atoms with Gasteiger partial charge in [0, 0.05) is 71.8 Å². The second-order valence-electron chi connectivity index (χ2n) is 8.58. The number of likely N-dealkylation sites (N-methyl/N-ethyl adjacent to an activating group) is 1. The summed E-state index contributed by atoms with van der Waals surface area (Å²) in [7, 11) is 0. The molecule has 0 saturated carbocycles. The topological polar surface area (TPSA) is 65.6 Å². The lowest BCUT2D eigenvalue weighted by molar-refractivity contribution is -0.144. The third-order valence-corrected chi connectivity index (χ3v) is 6.83. The van der Waals surface area contributed by atoms with Crippen molar-refractivity contribution < 1.29 is 19.1 Å². The lowest BCUT2D eigenvalue weighted by Gasteiger charge is -2.38. The maximum absolute atomic E-state index is 12.5. The van der Waals surface area contributed by atoms with Crippen molar-refractivity contribution >= 4 is 12.0 Å². The van der Waals surface area contributed by atoms with Gasteiger partial charge in [0.05, 0.1) is 6.54 Å². The largest absolute Gasteiger partial charge is 0.441 e. The first-order valence-corrected chi connectivity index (χ1v) is 10.9. The molecule has 28 heavy (non-hydrogen) atoms. The van der Waals surface area contributed by atoms with Gasteiger partial charge in [-0.15, -0.1) is 0 Å². The van der Waals surface area contributed by atoms with Gasteiger partial charge in [0.1, 0.15) is 11.7 Å². The Bertz CT molecular complexity index is 565. The molecule has 0 bridgehead atoms. The van der Waals surface area contributed by atoms with Crippen LogP contribution in [0.3, 0.4) is 0 Å². The zero-order valence-electron chi connectivity index (χ0n) is 17.1. The zero-order valence-corrected chi connectivity index (χ0v) is 17.1. The fourth-order valence-corrected chi connectivity index (χ4v) is 4.83. The number of rotatable bonds is 5. The van der Waals surface area contributed by atoms with E-state index in [0.29, 0.717) is 26.2 Å². The summed E-state index contributed by atoms with van der Waals surface area (Å²) in [6.45, 7) is 12.0. The summed E-state index contributed by atoms with van der Waals surface area (Å²) >= 11 is 0. The number of hydrogen-bond acceptors (Lipinski definition) is 6. The van der Waals surface area contributed by atoms with Crippen molar-refractivity contribution in [1.29, 1.82) is 0 Å². The fraction of sp³-hybridized carbons (Fsp3) is 0.900. The van der Waals surface area contributed by atoms with Gasteiger partial charge in [0.15, 0.2) is 0 Å². The molecule has 1 spiro atoms. The van der Waals surface area contributed by atoms with Crippen LogP contribution in [-0.2, 0) is 14.3 Å². The van der Waals surface area contributed by atoms with Gasteiger partial charge in [-0.05, 0) is 19.4 Å². The van der Waals surface area contributed by atoms with Crippen molar-refractivity contribution in [2.45, 2.75) is 44.3 Å². The highest BCUT2D eigenvalue weighted by Gasteiger charge is 2.48. The normalized spacial score (nSPS) is 28.9. The van der Waals surface area contributed by atoms with Gasteiger partial charge in [-0.2, -0.15) is 0 Å². The van der Waals surface area contributed by atoms with Gasteiger partial charge in [-0.25, -0.2) is 4.79 Å². The number of carbonyl (C=O) groups excluding carboxylic acids is 2. The summed E-state index contributed by atoms with van der Waals surface area (Å²) in [4.78, 5) is 33.6. The van der Waals surface area contributed by atoms with Crippen LogP contribution in [0, 0.1) is 0 Å². The molecule has 0 aliphatic carbocycles.